The molecule has 0 radical (unpaired) electrons. The number of hydrogen-bond acceptors (Lipinski definition) is 6. The molecule has 0 aliphatic carbocycles. The number of aromatic nitrogens is 2. The lowest BCUT2D eigenvalue weighted by Crippen LogP contribution is -2.30. The van der Waals surface area contributed by atoms with Crippen LogP contribution in [-0.4, -0.2) is 35.8 Å². The molecular weight excluding hydrogens is 330 g/mol. The van der Waals surface area contributed by atoms with E-state index in [9.17, 15) is 0 Å². The second kappa shape index (κ2) is 7.17. The Balaban J connectivity index is 1.51. The fourth-order valence-corrected chi connectivity index (χ4v) is 3.29. The molecule has 26 heavy (non-hydrogen) atoms. The molecule has 6 heteroatoms. The quantitative estimate of drug-likeness (QED) is 0.703. The SMILES string of the molecule is COc1ccc(-c2noc(CN3CCc4ccccc4C3)n2)c(OC)c1. The second-order valence-electron chi connectivity index (χ2n) is 6.31. The van der Waals surface area contributed by atoms with Gasteiger partial charge in [-0.2, -0.15) is 4.98 Å². The minimum absolute atomic E-state index is 0.525. The molecule has 0 unspecified atom stereocenters. The van der Waals surface area contributed by atoms with Crippen molar-refractivity contribution in [2.45, 2.75) is 19.5 Å². The van der Waals surface area contributed by atoms with Crippen molar-refractivity contribution in [3.63, 3.8) is 0 Å². The molecule has 0 spiro atoms. The van der Waals surface area contributed by atoms with Gasteiger partial charge in [0, 0.05) is 19.2 Å². The Labute approximate surface area is 152 Å². The first-order chi connectivity index (χ1) is 12.8. The molecule has 0 atom stereocenters. The monoisotopic (exact) mass is 351 g/mol. The summed E-state index contributed by atoms with van der Waals surface area (Å²) in [6, 6.07) is 14.1. The van der Waals surface area contributed by atoms with E-state index in [1.165, 1.54) is 11.1 Å². The van der Waals surface area contributed by atoms with Crippen LogP contribution in [0.1, 0.15) is 17.0 Å². The van der Waals surface area contributed by atoms with Gasteiger partial charge in [0.15, 0.2) is 0 Å². The summed E-state index contributed by atoms with van der Waals surface area (Å²) in [6.07, 6.45) is 1.05. The minimum Gasteiger partial charge on any atom is -0.497 e. The number of ether oxygens (including phenoxy) is 2. The summed E-state index contributed by atoms with van der Waals surface area (Å²) in [4.78, 5) is 6.88. The molecule has 0 bridgehead atoms. The summed E-state index contributed by atoms with van der Waals surface area (Å²) >= 11 is 0. The maximum atomic E-state index is 5.48. The molecule has 134 valence electrons. The van der Waals surface area contributed by atoms with E-state index in [-0.39, 0.29) is 0 Å². The van der Waals surface area contributed by atoms with Gasteiger partial charge >= 0.3 is 0 Å². The number of hydrogen-bond donors (Lipinski definition) is 0. The van der Waals surface area contributed by atoms with Crippen molar-refractivity contribution < 1.29 is 14.0 Å². The zero-order valence-electron chi connectivity index (χ0n) is 14.9. The summed E-state index contributed by atoms with van der Waals surface area (Å²) in [5, 5.41) is 4.13. The average Bonchev–Trinajstić information content (AvgIpc) is 3.15. The van der Waals surface area contributed by atoms with Crippen LogP contribution in [-0.2, 0) is 19.5 Å². The molecule has 0 saturated carbocycles. The molecule has 2 aromatic carbocycles. The van der Waals surface area contributed by atoms with E-state index in [1.807, 2.05) is 18.2 Å². The van der Waals surface area contributed by atoms with Crippen molar-refractivity contribution in [3.8, 4) is 22.9 Å². The average molecular weight is 351 g/mol. The number of benzene rings is 2. The van der Waals surface area contributed by atoms with Gasteiger partial charge in [-0.15, -0.1) is 0 Å². The summed E-state index contributed by atoms with van der Waals surface area (Å²) in [5.41, 5.74) is 3.58. The third kappa shape index (κ3) is 3.28. The van der Waals surface area contributed by atoms with Crippen LogP contribution in [0.15, 0.2) is 47.0 Å². The Hall–Kier alpha value is -2.86. The fraction of sp³-hybridized carbons (Fsp3) is 0.300. The summed E-state index contributed by atoms with van der Waals surface area (Å²) in [5.74, 6) is 2.51. The van der Waals surface area contributed by atoms with Gasteiger partial charge in [-0.25, -0.2) is 0 Å². The van der Waals surface area contributed by atoms with Gasteiger partial charge < -0.3 is 14.0 Å². The van der Waals surface area contributed by atoms with Gasteiger partial charge in [-0.05, 0) is 29.7 Å². The topological polar surface area (TPSA) is 60.6 Å². The number of rotatable bonds is 5. The van der Waals surface area contributed by atoms with E-state index < -0.39 is 0 Å². The first-order valence-electron chi connectivity index (χ1n) is 8.61. The lowest BCUT2D eigenvalue weighted by molar-refractivity contribution is 0.210. The first kappa shape index (κ1) is 16.6. The molecule has 4 rings (SSSR count). The molecule has 1 aromatic heterocycles. The first-order valence-corrected chi connectivity index (χ1v) is 8.61. The van der Waals surface area contributed by atoms with E-state index in [0.717, 1.165) is 30.8 Å². The van der Waals surface area contributed by atoms with Gasteiger partial charge in [-0.3, -0.25) is 4.90 Å². The summed E-state index contributed by atoms with van der Waals surface area (Å²) in [7, 11) is 3.24. The Morgan fingerprint density at radius 2 is 1.92 bits per heavy atom. The van der Waals surface area contributed by atoms with Crippen molar-refractivity contribution in [1.82, 2.24) is 15.0 Å². The third-order valence-electron chi connectivity index (χ3n) is 4.69. The lowest BCUT2D eigenvalue weighted by Gasteiger charge is -2.27. The lowest BCUT2D eigenvalue weighted by atomic mass is 10.00. The van der Waals surface area contributed by atoms with Crippen LogP contribution in [0, 0.1) is 0 Å². The number of nitrogens with zero attached hydrogens (tertiary/aromatic N) is 3. The molecule has 0 N–H and O–H groups in total. The molecule has 0 saturated heterocycles. The highest BCUT2D eigenvalue weighted by Gasteiger charge is 2.20. The predicted molar refractivity (Wildman–Crippen MR) is 97.1 cm³/mol. The second-order valence-corrected chi connectivity index (χ2v) is 6.31. The third-order valence-corrected chi connectivity index (χ3v) is 4.69. The molecule has 6 nitrogen and oxygen atoms in total. The van der Waals surface area contributed by atoms with E-state index in [0.29, 0.717) is 24.0 Å². The van der Waals surface area contributed by atoms with Crippen LogP contribution >= 0.6 is 0 Å². The van der Waals surface area contributed by atoms with Gasteiger partial charge in [0.05, 0.1) is 26.3 Å². The minimum atomic E-state index is 0.525. The van der Waals surface area contributed by atoms with Crippen molar-refractivity contribution in [1.29, 1.82) is 0 Å². The summed E-state index contributed by atoms with van der Waals surface area (Å²) < 4.78 is 16.1. The molecule has 1 aliphatic rings. The van der Waals surface area contributed by atoms with Crippen LogP contribution in [0.25, 0.3) is 11.4 Å². The zero-order chi connectivity index (χ0) is 17.9. The van der Waals surface area contributed by atoms with E-state index in [1.54, 1.807) is 14.2 Å². The molecular formula is C20H21N3O3. The Kier molecular flexibility index (Phi) is 4.58. The maximum absolute atomic E-state index is 5.48. The maximum Gasteiger partial charge on any atom is 0.241 e. The van der Waals surface area contributed by atoms with Crippen LogP contribution in [0.5, 0.6) is 11.5 Å². The van der Waals surface area contributed by atoms with Crippen molar-refractivity contribution in [2.24, 2.45) is 0 Å². The summed E-state index contributed by atoms with van der Waals surface area (Å²) in [6.45, 7) is 2.53. The Bertz CT molecular complexity index is 907. The largest absolute Gasteiger partial charge is 0.497 e. The van der Waals surface area contributed by atoms with Crippen LogP contribution < -0.4 is 9.47 Å². The Morgan fingerprint density at radius 3 is 2.73 bits per heavy atom. The van der Waals surface area contributed by atoms with Crippen molar-refractivity contribution in [2.75, 3.05) is 20.8 Å². The molecule has 2 heterocycles. The van der Waals surface area contributed by atoms with Crippen molar-refractivity contribution in [3.05, 3.63) is 59.5 Å². The van der Waals surface area contributed by atoms with Gasteiger partial charge in [0.25, 0.3) is 0 Å². The van der Waals surface area contributed by atoms with E-state index in [2.05, 4.69) is 39.3 Å². The molecule has 1 aliphatic heterocycles. The number of methoxy groups -OCH3 is 2. The highest BCUT2D eigenvalue weighted by molar-refractivity contribution is 5.65. The molecule has 0 fully saturated rings. The van der Waals surface area contributed by atoms with E-state index >= 15 is 0 Å². The van der Waals surface area contributed by atoms with Gasteiger partial charge in [-0.1, -0.05) is 29.4 Å². The zero-order valence-corrected chi connectivity index (χ0v) is 14.9. The van der Waals surface area contributed by atoms with Gasteiger partial charge in [0.2, 0.25) is 11.7 Å². The van der Waals surface area contributed by atoms with Crippen LogP contribution in [0.3, 0.4) is 0 Å². The predicted octanol–water partition coefficient (Wildman–Crippen LogP) is 3.31. The normalized spacial score (nSPS) is 14.1. The highest BCUT2D eigenvalue weighted by atomic mass is 16.5. The molecule has 3 aromatic rings. The fourth-order valence-electron chi connectivity index (χ4n) is 3.29. The van der Waals surface area contributed by atoms with Crippen LogP contribution in [0.4, 0.5) is 0 Å². The van der Waals surface area contributed by atoms with Crippen LogP contribution in [0.2, 0.25) is 0 Å². The Morgan fingerprint density at radius 1 is 1.08 bits per heavy atom. The number of fused-ring (bicyclic) bond motifs is 1. The molecule has 0 amide bonds. The smallest absolute Gasteiger partial charge is 0.241 e. The highest BCUT2D eigenvalue weighted by Crippen LogP contribution is 2.31. The van der Waals surface area contributed by atoms with Gasteiger partial charge in [0.1, 0.15) is 11.5 Å². The standard InChI is InChI=1S/C20H21N3O3/c1-24-16-7-8-17(18(11-16)25-2)20-21-19(26-22-20)13-23-10-9-14-5-3-4-6-15(14)12-23/h3-8,11H,9-10,12-13H2,1-2H3. The van der Waals surface area contributed by atoms with Crippen molar-refractivity contribution >= 4 is 0 Å². The van der Waals surface area contributed by atoms with E-state index in [4.69, 9.17) is 14.0 Å².